The Hall–Kier alpha value is -0.880. The molecule has 1 aliphatic heterocycles. The van der Waals surface area contributed by atoms with Crippen molar-refractivity contribution in [2.45, 2.75) is 45.9 Å². The Morgan fingerprint density at radius 2 is 1.77 bits per heavy atom. The smallest absolute Gasteiger partial charge is 0.180 e. The molecule has 1 N–H and O–H groups in total. The van der Waals surface area contributed by atoms with E-state index in [0.717, 1.165) is 30.8 Å². The minimum atomic E-state index is 0. The molecule has 2 aromatic rings. The van der Waals surface area contributed by atoms with Crippen molar-refractivity contribution in [1.82, 2.24) is 10.2 Å². The van der Waals surface area contributed by atoms with Crippen LogP contribution in [0.15, 0.2) is 36.4 Å². The Labute approximate surface area is 208 Å². The number of halogens is 4. The Balaban J connectivity index is 0.00000240. The van der Waals surface area contributed by atoms with Crippen LogP contribution in [0.4, 0.5) is 0 Å². The summed E-state index contributed by atoms with van der Waals surface area (Å²) in [6, 6.07) is 12.2. The highest BCUT2D eigenvalue weighted by Crippen LogP contribution is 2.37. The van der Waals surface area contributed by atoms with Crippen molar-refractivity contribution in [3.63, 3.8) is 0 Å². The van der Waals surface area contributed by atoms with Gasteiger partial charge in [-0.15, -0.1) is 24.8 Å². The fraction of sp³-hybridized carbons (Fsp3) is 0.478. The maximum absolute atomic E-state index is 6.55. The number of likely N-dealkylation sites (N-methyl/N-ethyl adjacent to an activating group) is 1. The molecule has 174 valence electrons. The largest absolute Gasteiger partial charge is 0.490 e. The van der Waals surface area contributed by atoms with Crippen LogP contribution in [0.5, 0.6) is 11.5 Å². The van der Waals surface area contributed by atoms with Gasteiger partial charge in [-0.05, 0) is 68.2 Å². The third-order valence-corrected chi connectivity index (χ3v) is 5.81. The van der Waals surface area contributed by atoms with E-state index in [9.17, 15) is 0 Å². The molecular formula is C23H32Cl4N2O2. The minimum Gasteiger partial charge on any atom is -0.490 e. The van der Waals surface area contributed by atoms with E-state index >= 15 is 0 Å². The molecule has 1 fully saturated rings. The highest BCUT2D eigenvalue weighted by molar-refractivity contribution is 6.32. The Kier molecular flexibility index (Phi) is 13.0. The Morgan fingerprint density at radius 3 is 2.45 bits per heavy atom. The van der Waals surface area contributed by atoms with Crippen LogP contribution < -0.4 is 14.8 Å². The van der Waals surface area contributed by atoms with Gasteiger partial charge in [0, 0.05) is 24.2 Å². The lowest BCUT2D eigenvalue weighted by molar-refractivity contribution is 0.259. The van der Waals surface area contributed by atoms with Crippen molar-refractivity contribution in [3.8, 4) is 11.5 Å². The fourth-order valence-electron chi connectivity index (χ4n) is 3.79. The van der Waals surface area contributed by atoms with Crippen molar-refractivity contribution in [2.75, 3.05) is 26.2 Å². The minimum absolute atomic E-state index is 0. The molecule has 1 unspecified atom stereocenters. The molecule has 0 radical (unpaired) electrons. The number of hydrogen-bond acceptors (Lipinski definition) is 4. The van der Waals surface area contributed by atoms with Crippen LogP contribution in [0.2, 0.25) is 10.0 Å². The molecule has 8 heteroatoms. The first kappa shape index (κ1) is 28.2. The SMILES string of the molecule is CCOc1cc(CNCC2CCCN2CC)cc(Cl)c1OCc1ccc(Cl)cc1.Cl.Cl. The molecule has 0 amide bonds. The summed E-state index contributed by atoms with van der Waals surface area (Å²) in [4.78, 5) is 2.54. The van der Waals surface area contributed by atoms with Crippen LogP contribution in [0.3, 0.4) is 0 Å². The van der Waals surface area contributed by atoms with E-state index in [0.29, 0.717) is 40.8 Å². The second-order valence-corrected chi connectivity index (χ2v) is 8.15. The van der Waals surface area contributed by atoms with E-state index in [4.69, 9.17) is 32.7 Å². The zero-order valence-electron chi connectivity index (χ0n) is 18.0. The maximum Gasteiger partial charge on any atom is 0.180 e. The van der Waals surface area contributed by atoms with Gasteiger partial charge in [-0.1, -0.05) is 42.3 Å². The quantitative estimate of drug-likeness (QED) is 0.402. The zero-order chi connectivity index (χ0) is 20.6. The number of benzene rings is 2. The van der Waals surface area contributed by atoms with E-state index in [1.165, 1.54) is 19.4 Å². The third kappa shape index (κ3) is 8.20. The predicted octanol–water partition coefficient (Wildman–Crippen LogP) is 6.39. The number of nitrogens with one attached hydrogen (secondary N) is 1. The van der Waals surface area contributed by atoms with Crippen molar-refractivity contribution in [3.05, 3.63) is 57.6 Å². The molecule has 0 bridgehead atoms. The summed E-state index contributed by atoms with van der Waals surface area (Å²) in [5, 5.41) is 4.85. The van der Waals surface area contributed by atoms with Crippen LogP contribution in [0.25, 0.3) is 0 Å². The molecule has 1 saturated heterocycles. The van der Waals surface area contributed by atoms with Crippen LogP contribution in [0.1, 0.15) is 37.8 Å². The van der Waals surface area contributed by atoms with Crippen LogP contribution in [-0.4, -0.2) is 37.2 Å². The first-order chi connectivity index (χ1) is 14.1. The van der Waals surface area contributed by atoms with Gasteiger partial charge in [0.15, 0.2) is 11.5 Å². The van der Waals surface area contributed by atoms with Gasteiger partial charge < -0.3 is 14.8 Å². The third-order valence-electron chi connectivity index (χ3n) is 5.28. The monoisotopic (exact) mass is 508 g/mol. The molecular weight excluding hydrogens is 478 g/mol. The lowest BCUT2D eigenvalue weighted by Crippen LogP contribution is -2.37. The van der Waals surface area contributed by atoms with E-state index in [2.05, 4.69) is 17.1 Å². The van der Waals surface area contributed by atoms with Crippen LogP contribution in [-0.2, 0) is 13.2 Å². The van der Waals surface area contributed by atoms with Gasteiger partial charge in [0.05, 0.1) is 11.6 Å². The van der Waals surface area contributed by atoms with Crippen molar-refractivity contribution in [2.24, 2.45) is 0 Å². The van der Waals surface area contributed by atoms with Crippen molar-refractivity contribution in [1.29, 1.82) is 0 Å². The second kappa shape index (κ2) is 14.3. The van der Waals surface area contributed by atoms with Gasteiger partial charge in [-0.3, -0.25) is 4.90 Å². The highest BCUT2D eigenvalue weighted by atomic mass is 35.5. The molecule has 3 rings (SSSR count). The van der Waals surface area contributed by atoms with E-state index in [1.807, 2.05) is 43.3 Å². The standard InChI is InChI=1S/C23H30Cl2N2O2.2ClH/c1-3-27-11-5-6-20(27)15-26-14-18-12-21(25)23(22(13-18)28-4-2)29-16-17-7-9-19(24)10-8-17;;/h7-10,12-13,20,26H,3-6,11,14-16H2,1-2H3;2*1H. The summed E-state index contributed by atoms with van der Waals surface area (Å²) < 4.78 is 11.8. The molecule has 1 aliphatic rings. The zero-order valence-corrected chi connectivity index (χ0v) is 21.2. The van der Waals surface area contributed by atoms with E-state index < -0.39 is 0 Å². The van der Waals surface area contributed by atoms with E-state index in [-0.39, 0.29) is 24.8 Å². The van der Waals surface area contributed by atoms with Crippen molar-refractivity contribution < 1.29 is 9.47 Å². The Bertz CT molecular complexity index is 790. The lowest BCUT2D eigenvalue weighted by Gasteiger charge is -2.23. The average molecular weight is 510 g/mol. The maximum atomic E-state index is 6.55. The molecule has 1 atom stereocenters. The highest BCUT2D eigenvalue weighted by Gasteiger charge is 2.22. The van der Waals surface area contributed by atoms with Gasteiger partial charge in [0.2, 0.25) is 0 Å². The second-order valence-electron chi connectivity index (χ2n) is 7.31. The summed E-state index contributed by atoms with van der Waals surface area (Å²) >= 11 is 12.5. The van der Waals surface area contributed by atoms with Gasteiger partial charge in [0.1, 0.15) is 6.61 Å². The van der Waals surface area contributed by atoms with E-state index in [1.54, 1.807) is 0 Å². The first-order valence-electron chi connectivity index (χ1n) is 10.4. The van der Waals surface area contributed by atoms with Crippen LogP contribution >= 0.6 is 48.0 Å². The molecule has 2 aromatic carbocycles. The molecule has 1 heterocycles. The summed E-state index contributed by atoms with van der Waals surface area (Å²) in [7, 11) is 0. The van der Waals surface area contributed by atoms with Crippen LogP contribution in [0, 0.1) is 0 Å². The number of hydrogen-bond donors (Lipinski definition) is 1. The first-order valence-corrected chi connectivity index (χ1v) is 11.1. The number of ether oxygens (including phenoxy) is 2. The molecule has 4 nitrogen and oxygen atoms in total. The summed E-state index contributed by atoms with van der Waals surface area (Å²) in [5.41, 5.74) is 2.12. The average Bonchev–Trinajstić information content (AvgIpc) is 3.16. The number of nitrogens with zero attached hydrogens (tertiary/aromatic N) is 1. The van der Waals surface area contributed by atoms with Gasteiger partial charge in [0.25, 0.3) is 0 Å². The van der Waals surface area contributed by atoms with Gasteiger partial charge in [-0.25, -0.2) is 0 Å². The molecule has 0 spiro atoms. The van der Waals surface area contributed by atoms with Gasteiger partial charge >= 0.3 is 0 Å². The Morgan fingerprint density at radius 1 is 1.03 bits per heavy atom. The topological polar surface area (TPSA) is 33.7 Å². The van der Waals surface area contributed by atoms with Crippen molar-refractivity contribution >= 4 is 48.0 Å². The molecule has 0 saturated carbocycles. The summed E-state index contributed by atoms with van der Waals surface area (Å²) in [6.07, 6.45) is 2.56. The number of rotatable bonds is 10. The van der Waals surface area contributed by atoms with Gasteiger partial charge in [-0.2, -0.15) is 0 Å². The number of likely N-dealkylation sites (tertiary alicyclic amines) is 1. The lowest BCUT2D eigenvalue weighted by atomic mass is 10.1. The summed E-state index contributed by atoms with van der Waals surface area (Å²) in [5.74, 6) is 1.27. The molecule has 0 aromatic heterocycles. The molecule has 31 heavy (non-hydrogen) atoms. The molecule has 0 aliphatic carbocycles. The normalized spacial score (nSPS) is 15.8. The predicted molar refractivity (Wildman–Crippen MR) is 135 cm³/mol. The fourth-order valence-corrected chi connectivity index (χ4v) is 4.20. The summed E-state index contributed by atoms with van der Waals surface area (Å²) in [6.45, 7) is 9.22.